The minimum atomic E-state index is -0.611. The summed E-state index contributed by atoms with van der Waals surface area (Å²) in [6.07, 6.45) is 3.10. The third kappa shape index (κ3) is 4.46. The summed E-state index contributed by atoms with van der Waals surface area (Å²) in [4.78, 5) is 50.6. The highest BCUT2D eigenvalue weighted by Crippen LogP contribution is 2.28. The minimum Gasteiger partial charge on any atom is -0.322 e. The standard InChI is InChI=1S/C26H27N3O4/c30-21(13-17-1-4-19-14-27-10-9-18(19)12-17)5-2-16-3-6-22-20(11-16)15-29(26(22)33)23-7-8-24(31)28-25(23)32/h1,3-4,6,11-12,23,27H,2,5,7-10,13-15H2,(H,28,31,32). The van der Waals surface area contributed by atoms with E-state index in [1.807, 2.05) is 18.2 Å². The lowest BCUT2D eigenvalue weighted by Gasteiger charge is -2.29. The monoisotopic (exact) mass is 445 g/mol. The summed E-state index contributed by atoms with van der Waals surface area (Å²) in [7, 11) is 0. The van der Waals surface area contributed by atoms with Crippen LogP contribution in [0.3, 0.4) is 0 Å². The Morgan fingerprint density at radius 1 is 0.970 bits per heavy atom. The van der Waals surface area contributed by atoms with Gasteiger partial charge in [-0.05, 0) is 59.7 Å². The van der Waals surface area contributed by atoms with E-state index in [0.717, 1.165) is 36.2 Å². The number of ketones is 1. The van der Waals surface area contributed by atoms with Crippen molar-refractivity contribution in [2.75, 3.05) is 6.54 Å². The molecule has 0 saturated carbocycles. The smallest absolute Gasteiger partial charge is 0.255 e. The fraction of sp³-hybridized carbons (Fsp3) is 0.385. The molecule has 3 amide bonds. The first kappa shape index (κ1) is 21.5. The third-order valence-electron chi connectivity index (χ3n) is 6.84. The number of hydrogen-bond donors (Lipinski definition) is 2. The largest absolute Gasteiger partial charge is 0.322 e. The zero-order chi connectivity index (χ0) is 22.9. The Morgan fingerprint density at radius 3 is 2.64 bits per heavy atom. The van der Waals surface area contributed by atoms with Crippen LogP contribution in [-0.4, -0.2) is 41.0 Å². The van der Waals surface area contributed by atoms with Gasteiger partial charge >= 0.3 is 0 Å². The van der Waals surface area contributed by atoms with Crippen molar-refractivity contribution in [3.8, 4) is 0 Å². The molecule has 0 spiro atoms. The second-order valence-corrected chi connectivity index (χ2v) is 9.14. The molecular formula is C26H27N3O4. The van der Waals surface area contributed by atoms with Gasteiger partial charge in [-0.2, -0.15) is 0 Å². The maximum Gasteiger partial charge on any atom is 0.255 e. The van der Waals surface area contributed by atoms with E-state index >= 15 is 0 Å². The van der Waals surface area contributed by atoms with Gasteiger partial charge in [-0.25, -0.2) is 0 Å². The lowest BCUT2D eigenvalue weighted by Crippen LogP contribution is -2.52. The Kier molecular flexibility index (Phi) is 5.81. The fourth-order valence-electron chi connectivity index (χ4n) is 5.02. The first-order chi connectivity index (χ1) is 16.0. The predicted molar refractivity (Wildman–Crippen MR) is 121 cm³/mol. The van der Waals surface area contributed by atoms with Crippen molar-refractivity contribution in [1.29, 1.82) is 0 Å². The second kappa shape index (κ2) is 8.90. The van der Waals surface area contributed by atoms with Crippen LogP contribution in [0, 0.1) is 0 Å². The van der Waals surface area contributed by atoms with Gasteiger partial charge in [-0.15, -0.1) is 0 Å². The number of benzene rings is 2. The summed E-state index contributed by atoms with van der Waals surface area (Å²) in [5.74, 6) is -0.674. The van der Waals surface area contributed by atoms with Crippen LogP contribution < -0.4 is 10.6 Å². The third-order valence-corrected chi connectivity index (χ3v) is 6.84. The molecule has 33 heavy (non-hydrogen) atoms. The van der Waals surface area contributed by atoms with E-state index < -0.39 is 11.9 Å². The Morgan fingerprint density at radius 2 is 1.79 bits per heavy atom. The average Bonchev–Trinajstić information content (AvgIpc) is 3.13. The molecule has 7 nitrogen and oxygen atoms in total. The number of nitrogens with one attached hydrogen (secondary N) is 2. The number of rotatable bonds is 6. The fourth-order valence-corrected chi connectivity index (χ4v) is 5.02. The number of Topliss-reactive ketones (excluding diaryl/α,β-unsaturated/α-hetero) is 1. The zero-order valence-corrected chi connectivity index (χ0v) is 18.5. The molecule has 3 aliphatic rings. The van der Waals surface area contributed by atoms with Crippen LogP contribution in [0.1, 0.15) is 57.4 Å². The van der Waals surface area contributed by atoms with E-state index in [9.17, 15) is 19.2 Å². The van der Waals surface area contributed by atoms with E-state index in [4.69, 9.17) is 0 Å². The van der Waals surface area contributed by atoms with Crippen LogP contribution in [0.2, 0.25) is 0 Å². The van der Waals surface area contributed by atoms with Crippen molar-refractivity contribution in [3.63, 3.8) is 0 Å². The molecule has 7 heteroatoms. The van der Waals surface area contributed by atoms with Crippen LogP contribution in [0.15, 0.2) is 36.4 Å². The quantitative estimate of drug-likeness (QED) is 0.662. The highest BCUT2D eigenvalue weighted by Gasteiger charge is 2.39. The number of nitrogens with zero attached hydrogens (tertiary/aromatic N) is 1. The highest BCUT2D eigenvalue weighted by molar-refractivity contribution is 6.05. The summed E-state index contributed by atoms with van der Waals surface area (Å²) < 4.78 is 0. The molecule has 0 aromatic heterocycles. The van der Waals surface area contributed by atoms with E-state index in [1.165, 1.54) is 11.1 Å². The Labute approximate surface area is 192 Å². The Balaban J connectivity index is 1.19. The van der Waals surface area contributed by atoms with Gasteiger partial charge in [0.25, 0.3) is 5.91 Å². The van der Waals surface area contributed by atoms with Gasteiger partial charge < -0.3 is 10.2 Å². The van der Waals surface area contributed by atoms with Gasteiger partial charge in [-0.3, -0.25) is 24.5 Å². The zero-order valence-electron chi connectivity index (χ0n) is 18.5. The summed E-state index contributed by atoms with van der Waals surface area (Å²) in [5, 5.41) is 5.68. The number of carbonyl (C=O) groups is 4. The molecule has 2 N–H and O–H groups in total. The highest BCUT2D eigenvalue weighted by atomic mass is 16.2. The van der Waals surface area contributed by atoms with Crippen LogP contribution in [0.25, 0.3) is 0 Å². The van der Waals surface area contributed by atoms with Crippen molar-refractivity contribution in [2.24, 2.45) is 0 Å². The number of imide groups is 1. The van der Waals surface area contributed by atoms with Crippen LogP contribution in [-0.2, 0) is 46.7 Å². The first-order valence-electron chi connectivity index (χ1n) is 11.6. The van der Waals surface area contributed by atoms with Gasteiger partial charge in [-0.1, -0.05) is 30.3 Å². The van der Waals surface area contributed by atoms with E-state index in [-0.39, 0.29) is 24.0 Å². The predicted octanol–water partition coefficient (Wildman–Crippen LogP) is 1.84. The van der Waals surface area contributed by atoms with Crippen LogP contribution in [0.4, 0.5) is 0 Å². The molecule has 1 atom stereocenters. The molecule has 1 fully saturated rings. The molecule has 1 unspecified atom stereocenters. The number of fused-ring (bicyclic) bond motifs is 2. The molecule has 3 aliphatic heterocycles. The van der Waals surface area contributed by atoms with Crippen molar-refractivity contribution in [1.82, 2.24) is 15.5 Å². The molecule has 3 heterocycles. The second-order valence-electron chi connectivity index (χ2n) is 9.14. The van der Waals surface area contributed by atoms with Crippen molar-refractivity contribution in [2.45, 2.75) is 57.7 Å². The van der Waals surface area contributed by atoms with E-state index in [2.05, 4.69) is 22.8 Å². The van der Waals surface area contributed by atoms with Crippen molar-refractivity contribution >= 4 is 23.5 Å². The number of hydrogen-bond acceptors (Lipinski definition) is 5. The molecule has 0 bridgehead atoms. The maximum absolute atomic E-state index is 12.8. The Bertz CT molecular complexity index is 1160. The first-order valence-corrected chi connectivity index (χ1v) is 11.6. The normalized spacial score (nSPS) is 19.8. The number of amides is 3. The van der Waals surface area contributed by atoms with Crippen LogP contribution >= 0.6 is 0 Å². The van der Waals surface area contributed by atoms with Crippen LogP contribution in [0.5, 0.6) is 0 Å². The van der Waals surface area contributed by atoms with Gasteiger partial charge in [0.2, 0.25) is 11.8 Å². The molecule has 1 saturated heterocycles. The molecule has 0 aliphatic carbocycles. The van der Waals surface area contributed by atoms with E-state index in [1.54, 1.807) is 11.0 Å². The average molecular weight is 446 g/mol. The van der Waals surface area contributed by atoms with Gasteiger partial charge in [0.15, 0.2) is 0 Å². The molecule has 2 aromatic carbocycles. The summed E-state index contributed by atoms with van der Waals surface area (Å²) in [6.45, 7) is 2.23. The molecule has 170 valence electrons. The number of carbonyl (C=O) groups excluding carboxylic acids is 4. The van der Waals surface area contributed by atoms with Gasteiger partial charge in [0.1, 0.15) is 11.8 Å². The topological polar surface area (TPSA) is 95.6 Å². The lowest BCUT2D eigenvalue weighted by molar-refractivity contribution is -0.137. The van der Waals surface area contributed by atoms with Gasteiger partial charge in [0.05, 0.1) is 0 Å². The van der Waals surface area contributed by atoms with Crippen molar-refractivity contribution in [3.05, 3.63) is 69.8 Å². The molecule has 5 rings (SSSR count). The summed E-state index contributed by atoms with van der Waals surface area (Å²) >= 11 is 0. The molecule has 0 radical (unpaired) electrons. The minimum absolute atomic E-state index is 0.176. The number of aryl methyl sites for hydroxylation is 1. The van der Waals surface area contributed by atoms with Crippen molar-refractivity contribution < 1.29 is 19.2 Å². The lowest BCUT2D eigenvalue weighted by atomic mass is 9.95. The summed E-state index contributed by atoms with van der Waals surface area (Å²) in [5.41, 5.74) is 6.20. The summed E-state index contributed by atoms with van der Waals surface area (Å²) in [6, 6.07) is 11.4. The molecule has 2 aromatic rings. The molecular weight excluding hydrogens is 418 g/mol. The Hall–Kier alpha value is -3.32. The van der Waals surface area contributed by atoms with Gasteiger partial charge in [0, 0.05) is 37.9 Å². The van der Waals surface area contributed by atoms with E-state index in [0.29, 0.717) is 37.8 Å². The maximum atomic E-state index is 12.8. The SMILES string of the molecule is O=C(CCc1ccc2c(c1)CN(C1CCC(=O)NC1=O)C2=O)Cc1ccc2c(c1)CCNC2. The number of piperidine rings is 1.